The van der Waals surface area contributed by atoms with Crippen molar-refractivity contribution in [1.82, 2.24) is 10.2 Å². The van der Waals surface area contributed by atoms with E-state index < -0.39 is 47.9 Å². The Morgan fingerprint density at radius 2 is 1.63 bits per heavy atom. The lowest BCUT2D eigenvalue weighted by atomic mass is 10.00. The van der Waals surface area contributed by atoms with E-state index in [9.17, 15) is 24.3 Å². The molecule has 0 bridgehead atoms. The van der Waals surface area contributed by atoms with Crippen molar-refractivity contribution in [3.63, 3.8) is 0 Å². The van der Waals surface area contributed by atoms with Gasteiger partial charge in [0.25, 0.3) is 5.91 Å². The zero-order valence-corrected chi connectivity index (χ0v) is 23.8. The molecule has 0 aliphatic carbocycles. The van der Waals surface area contributed by atoms with E-state index in [0.717, 1.165) is 10.8 Å². The van der Waals surface area contributed by atoms with Crippen molar-refractivity contribution in [2.75, 3.05) is 11.9 Å². The summed E-state index contributed by atoms with van der Waals surface area (Å²) in [5.41, 5.74) is 5.26. The number of nitrogens with zero attached hydrogens (tertiary/aromatic N) is 1. The van der Waals surface area contributed by atoms with Crippen LogP contribution >= 0.6 is 0 Å². The number of para-hydroxylation sites is 1. The Labute approximate surface area is 239 Å². The first kappa shape index (κ1) is 30.9. The van der Waals surface area contributed by atoms with Crippen LogP contribution < -0.4 is 16.4 Å². The van der Waals surface area contributed by atoms with Crippen LogP contribution in [0.15, 0.2) is 66.7 Å². The number of primary amides is 1. The highest BCUT2D eigenvalue weighted by atomic mass is 16.6. The summed E-state index contributed by atoms with van der Waals surface area (Å²) in [5, 5.41) is 18.0. The molecule has 3 rings (SSSR count). The summed E-state index contributed by atoms with van der Waals surface area (Å²) >= 11 is 0. The number of ether oxygens (including phenoxy) is 1. The van der Waals surface area contributed by atoms with Gasteiger partial charge in [0.15, 0.2) is 0 Å². The van der Waals surface area contributed by atoms with E-state index in [0.29, 0.717) is 18.5 Å². The molecule has 0 heterocycles. The van der Waals surface area contributed by atoms with E-state index in [2.05, 4.69) is 10.6 Å². The summed E-state index contributed by atoms with van der Waals surface area (Å²) in [4.78, 5) is 53.8. The van der Waals surface area contributed by atoms with E-state index in [1.54, 1.807) is 45.0 Å². The molecule has 0 saturated heterocycles. The maximum atomic E-state index is 14.0. The van der Waals surface area contributed by atoms with E-state index in [4.69, 9.17) is 10.5 Å². The predicted octanol–water partition coefficient (Wildman–Crippen LogP) is 4.62. The minimum absolute atomic E-state index is 0.102. The Balaban J connectivity index is 2.03. The van der Waals surface area contributed by atoms with Crippen LogP contribution in [-0.2, 0) is 19.1 Å². The topological polar surface area (TPSA) is 151 Å². The van der Waals surface area contributed by atoms with Crippen molar-refractivity contribution < 1.29 is 29.0 Å². The second kappa shape index (κ2) is 13.6. The Morgan fingerprint density at radius 1 is 0.976 bits per heavy atom. The molecule has 3 aromatic rings. The number of carbonyl (C=O) groups excluding carboxylic acids is 4. The zero-order chi connectivity index (χ0) is 30.2. The molecule has 10 heteroatoms. The average molecular weight is 563 g/mol. The number of nitrogens with one attached hydrogen (secondary N) is 2. The largest absolute Gasteiger partial charge is 0.508 e. The molecule has 218 valence electrons. The van der Waals surface area contributed by atoms with Crippen LogP contribution in [0.25, 0.3) is 10.8 Å². The Hall–Kier alpha value is -4.60. The zero-order valence-electron chi connectivity index (χ0n) is 23.8. The van der Waals surface area contributed by atoms with Crippen molar-refractivity contribution in [1.29, 1.82) is 0 Å². The Kier molecular flexibility index (Phi) is 10.3. The Morgan fingerprint density at radius 3 is 2.27 bits per heavy atom. The molecular weight excluding hydrogens is 524 g/mol. The number of fused-ring (bicyclic) bond motifs is 1. The highest BCUT2D eigenvalue weighted by Gasteiger charge is 2.37. The van der Waals surface area contributed by atoms with Gasteiger partial charge in [-0.05, 0) is 56.2 Å². The van der Waals surface area contributed by atoms with Gasteiger partial charge in [-0.15, -0.1) is 0 Å². The minimum Gasteiger partial charge on any atom is -0.508 e. The predicted molar refractivity (Wildman–Crippen MR) is 157 cm³/mol. The van der Waals surface area contributed by atoms with Gasteiger partial charge in [-0.25, -0.2) is 4.79 Å². The number of phenolic OH excluding ortho intramolecular Hbond substituents is 1. The number of unbranched alkanes of at least 4 members (excludes halogenated alkanes) is 1. The molecular formula is C31H38N4O6. The highest BCUT2D eigenvalue weighted by molar-refractivity contribution is 6.01. The second-order valence-corrected chi connectivity index (χ2v) is 10.8. The smallest absolute Gasteiger partial charge is 0.408 e. The molecule has 10 nitrogen and oxygen atoms in total. The van der Waals surface area contributed by atoms with Crippen LogP contribution in [0.1, 0.15) is 58.6 Å². The fourth-order valence-corrected chi connectivity index (χ4v) is 4.39. The SMILES string of the molecule is CCCCN(C(=O)C(CC(N)=O)NC(=O)OC(C)(C)C)C(C(=O)Nc1ccc2ccccc2c1)c1ccccc1O. The summed E-state index contributed by atoms with van der Waals surface area (Å²) in [7, 11) is 0. The van der Waals surface area contributed by atoms with Crippen LogP contribution in [0.3, 0.4) is 0 Å². The molecule has 3 aromatic carbocycles. The van der Waals surface area contributed by atoms with Gasteiger partial charge in [-0.3, -0.25) is 14.4 Å². The first-order valence-corrected chi connectivity index (χ1v) is 13.6. The number of aromatic hydroxyl groups is 1. The molecule has 0 spiro atoms. The molecule has 5 N–H and O–H groups in total. The van der Waals surface area contributed by atoms with Gasteiger partial charge in [-0.2, -0.15) is 0 Å². The minimum atomic E-state index is -1.40. The maximum absolute atomic E-state index is 14.0. The number of alkyl carbamates (subject to hydrolysis) is 1. The molecule has 2 atom stereocenters. The third kappa shape index (κ3) is 8.69. The fourth-order valence-electron chi connectivity index (χ4n) is 4.39. The average Bonchev–Trinajstić information content (AvgIpc) is 2.89. The van der Waals surface area contributed by atoms with Gasteiger partial charge < -0.3 is 31.1 Å². The van der Waals surface area contributed by atoms with Crippen molar-refractivity contribution in [3.8, 4) is 5.75 Å². The van der Waals surface area contributed by atoms with E-state index in [-0.39, 0.29) is 17.9 Å². The van der Waals surface area contributed by atoms with Crippen LogP contribution in [0.5, 0.6) is 5.75 Å². The number of hydrogen-bond donors (Lipinski definition) is 4. The van der Waals surface area contributed by atoms with Crippen LogP contribution in [0.2, 0.25) is 0 Å². The van der Waals surface area contributed by atoms with Gasteiger partial charge >= 0.3 is 6.09 Å². The third-order valence-electron chi connectivity index (χ3n) is 6.24. The van der Waals surface area contributed by atoms with Gasteiger partial charge in [0.05, 0.1) is 6.42 Å². The van der Waals surface area contributed by atoms with Gasteiger partial charge in [0.1, 0.15) is 23.4 Å². The molecule has 0 aliphatic rings. The number of benzene rings is 3. The molecule has 2 unspecified atom stereocenters. The monoisotopic (exact) mass is 562 g/mol. The molecule has 0 radical (unpaired) electrons. The summed E-state index contributed by atoms with van der Waals surface area (Å²) in [6, 6.07) is 16.6. The van der Waals surface area contributed by atoms with Crippen molar-refractivity contribution in [2.45, 2.75) is 64.6 Å². The van der Waals surface area contributed by atoms with Crippen molar-refractivity contribution in [3.05, 3.63) is 72.3 Å². The summed E-state index contributed by atoms with van der Waals surface area (Å²) in [5.74, 6) is -2.31. The van der Waals surface area contributed by atoms with Crippen molar-refractivity contribution >= 4 is 40.3 Å². The second-order valence-electron chi connectivity index (χ2n) is 10.8. The van der Waals surface area contributed by atoms with Crippen molar-refractivity contribution in [2.24, 2.45) is 5.73 Å². The number of carbonyl (C=O) groups is 4. The number of nitrogens with two attached hydrogens (primary N) is 1. The Bertz CT molecular complexity index is 1400. The lowest BCUT2D eigenvalue weighted by molar-refractivity contribution is -0.142. The van der Waals surface area contributed by atoms with Crippen LogP contribution in [-0.4, -0.2) is 52.0 Å². The van der Waals surface area contributed by atoms with E-state index in [1.807, 2.05) is 43.3 Å². The van der Waals surface area contributed by atoms with Gasteiger partial charge in [-0.1, -0.05) is 61.9 Å². The van der Waals surface area contributed by atoms with Gasteiger partial charge in [0.2, 0.25) is 11.8 Å². The highest BCUT2D eigenvalue weighted by Crippen LogP contribution is 2.31. The number of anilines is 1. The number of phenols is 1. The molecule has 41 heavy (non-hydrogen) atoms. The van der Waals surface area contributed by atoms with Crippen LogP contribution in [0, 0.1) is 0 Å². The van der Waals surface area contributed by atoms with E-state index in [1.165, 1.54) is 11.0 Å². The lowest BCUT2D eigenvalue weighted by Gasteiger charge is -2.34. The fraction of sp³-hybridized carbons (Fsp3) is 0.355. The van der Waals surface area contributed by atoms with Crippen LogP contribution in [0.4, 0.5) is 10.5 Å². The summed E-state index contributed by atoms with van der Waals surface area (Å²) in [6.45, 7) is 7.01. The molecule has 0 saturated carbocycles. The standard InChI is InChI=1S/C31H38N4O6/c1-5-6-17-35(29(39)24(19-26(32)37)34-30(40)41-31(2,3)4)27(23-13-9-10-14-25(23)36)28(38)33-22-16-15-20-11-7-8-12-21(20)18-22/h7-16,18,24,27,36H,5-6,17,19H2,1-4H3,(H2,32,37)(H,33,38)(H,34,40). The quantitative estimate of drug-likeness (QED) is 0.268. The molecule has 0 fully saturated rings. The number of rotatable bonds is 11. The maximum Gasteiger partial charge on any atom is 0.408 e. The molecule has 4 amide bonds. The molecule has 0 aliphatic heterocycles. The lowest BCUT2D eigenvalue weighted by Crippen LogP contribution is -2.53. The molecule has 0 aromatic heterocycles. The summed E-state index contributed by atoms with van der Waals surface area (Å²) in [6.07, 6.45) is -0.231. The first-order valence-electron chi connectivity index (χ1n) is 13.6. The number of hydrogen-bond acceptors (Lipinski definition) is 6. The number of amides is 4. The van der Waals surface area contributed by atoms with Gasteiger partial charge in [0, 0.05) is 17.8 Å². The normalized spacial score (nSPS) is 12.7. The third-order valence-corrected chi connectivity index (χ3v) is 6.24. The van der Waals surface area contributed by atoms with E-state index >= 15 is 0 Å². The first-order chi connectivity index (χ1) is 19.4. The summed E-state index contributed by atoms with van der Waals surface area (Å²) < 4.78 is 5.29.